The summed E-state index contributed by atoms with van der Waals surface area (Å²) in [4.78, 5) is 31.4. The number of nitrogens with one attached hydrogen (secondary N) is 1. The summed E-state index contributed by atoms with van der Waals surface area (Å²) in [6.45, 7) is 6.36. The van der Waals surface area contributed by atoms with E-state index in [0.717, 1.165) is 23.3 Å². The van der Waals surface area contributed by atoms with Crippen molar-refractivity contribution in [3.63, 3.8) is 0 Å². The number of carbonyl (C=O) groups excluding carboxylic acids is 2. The Hall–Kier alpha value is -3.35. The van der Waals surface area contributed by atoms with Crippen LogP contribution in [0.5, 0.6) is 5.75 Å². The maximum Gasteiger partial charge on any atom is 0.253 e. The second kappa shape index (κ2) is 9.85. The van der Waals surface area contributed by atoms with Crippen molar-refractivity contribution >= 4 is 17.5 Å². The minimum absolute atomic E-state index is 0.000192. The summed E-state index contributed by atoms with van der Waals surface area (Å²) in [5.74, 6) is 0.812. The van der Waals surface area contributed by atoms with Gasteiger partial charge < -0.3 is 19.4 Å². The Balaban J connectivity index is 1.30. The third-order valence-corrected chi connectivity index (χ3v) is 5.92. The number of fused-ring (bicyclic) bond motifs is 1. The van der Waals surface area contributed by atoms with Gasteiger partial charge in [-0.1, -0.05) is 13.0 Å². The number of hydrogen-bond donors (Lipinski definition) is 1. The highest BCUT2D eigenvalue weighted by molar-refractivity contribution is 5.94. The summed E-state index contributed by atoms with van der Waals surface area (Å²) in [5, 5.41) is 2.96. The minimum Gasteiger partial charge on any atom is -0.487 e. The van der Waals surface area contributed by atoms with Gasteiger partial charge in [0.25, 0.3) is 5.91 Å². The molecule has 0 spiro atoms. The zero-order valence-corrected chi connectivity index (χ0v) is 18.7. The smallest absolute Gasteiger partial charge is 0.253 e. The Morgan fingerprint density at radius 2 is 1.91 bits per heavy atom. The number of pyridine rings is 1. The predicted octanol–water partition coefficient (Wildman–Crippen LogP) is 3.60. The van der Waals surface area contributed by atoms with Crippen LogP contribution >= 0.6 is 0 Å². The Morgan fingerprint density at radius 1 is 1.16 bits per heavy atom. The fraction of sp³-hybridized carbons (Fsp3) is 0.400. The largest absolute Gasteiger partial charge is 0.487 e. The van der Waals surface area contributed by atoms with Crippen LogP contribution in [0, 0.1) is 12.8 Å². The second-order valence-electron chi connectivity index (χ2n) is 8.32. The van der Waals surface area contributed by atoms with Gasteiger partial charge in [0.1, 0.15) is 18.0 Å². The molecule has 1 aliphatic heterocycles. The van der Waals surface area contributed by atoms with E-state index in [-0.39, 0.29) is 17.7 Å². The van der Waals surface area contributed by atoms with Crippen LogP contribution in [-0.2, 0) is 11.4 Å². The number of aryl methyl sites for hydroxylation is 1. The van der Waals surface area contributed by atoms with Crippen LogP contribution in [0.1, 0.15) is 47.8 Å². The first-order valence-corrected chi connectivity index (χ1v) is 11.3. The van der Waals surface area contributed by atoms with E-state index in [0.29, 0.717) is 50.4 Å². The van der Waals surface area contributed by atoms with E-state index in [9.17, 15) is 9.59 Å². The highest BCUT2D eigenvalue weighted by atomic mass is 16.5. The SMILES string of the molecule is CCCNC(=O)C1CCN(C(=O)c2ccc(OCc3cn4cccc(C)c4n3)cc2)CC1. The van der Waals surface area contributed by atoms with Crippen LogP contribution in [0.4, 0.5) is 0 Å². The van der Waals surface area contributed by atoms with Crippen molar-refractivity contribution in [3.05, 3.63) is 65.6 Å². The third kappa shape index (κ3) is 4.93. The van der Waals surface area contributed by atoms with Crippen LogP contribution in [0.3, 0.4) is 0 Å². The van der Waals surface area contributed by atoms with Crippen molar-refractivity contribution in [2.24, 2.45) is 5.92 Å². The second-order valence-corrected chi connectivity index (χ2v) is 8.32. The molecule has 7 heteroatoms. The first kappa shape index (κ1) is 21.9. The topological polar surface area (TPSA) is 75.9 Å². The van der Waals surface area contributed by atoms with Gasteiger partial charge in [-0.2, -0.15) is 0 Å². The molecular formula is C25H30N4O3. The standard InChI is InChI=1S/C25H30N4O3/c1-3-12-26-24(30)19-10-14-28(15-11-19)25(31)20-6-8-22(9-7-20)32-17-21-16-29-13-4-5-18(2)23(29)27-21/h4-9,13,16,19H,3,10-12,14-15,17H2,1-2H3,(H,26,30). The van der Waals surface area contributed by atoms with Gasteiger partial charge in [0, 0.05) is 43.5 Å². The summed E-state index contributed by atoms with van der Waals surface area (Å²) in [6, 6.07) is 11.3. The summed E-state index contributed by atoms with van der Waals surface area (Å²) in [5.41, 5.74) is 3.53. The number of rotatable bonds is 7. The highest BCUT2D eigenvalue weighted by Crippen LogP contribution is 2.21. The molecule has 0 unspecified atom stereocenters. The third-order valence-electron chi connectivity index (χ3n) is 5.92. The van der Waals surface area contributed by atoms with Gasteiger partial charge in [0.2, 0.25) is 5.91 Å². The molecular weight excluding hydrogens is 404 g/mol. The van der Waals surface area contributed by atoms with Gasteiger partial charge in [-0.25, -0.2) is 4.98 Å². The fourth-order valence-electron chi connectivity index (χ4n) is 4.04. The lowest BCUT2D eigenvalue weighted by Crippen LogP contribution is -2.43. The number of piperidine rings is 1. The molecule has 2 aromatic heterocycles. The summed E-state index contributed by atoms with van der Waals surface area (Å²) in [6.07, 6.45) is 6.29. The van der Waals surface area contributed by atoms with Gasteiger partial charge in [0.15, 0.2) is 0 Å². The van der Waals surface area contributed by atoms with E-state index < -0.39 is 0 Å². The Morgan fingerprint density at radius 3 is 2.59 bits per heavy atom. The summed E-state index contributed by atoms with van der Waals surface area (Å²) in [7, 11) is 0. The lowest BCUT2D eigenvalue weighted by atomic mass is 9.95. The van der Waals surface area contributed by atoms with Crippen LogP contribution in [0.25, 0.3) is 5.65 Å². The van der Waals surface area contributed by atoms with E-state index in [1.54, 1.807) is 12.1 Å². The monoisotopic (exact) mass is 434 g/mol. The number of hydrogen-bond acceptors (Lipinski definition) is 4. The van der Waals surface area contributed by atoms with E-state index >= 15 is 0 Å². The van der Waals surface area contributed by atoms with E-state index in [4.69, 9.17) is 4.74 Å². The first-order valence-electron chi connectivity index (χ1n) is 11.3. The molecule has 3 aromatic rings. The number of nitrogens with zero attached hydrogens (tertiary/aromatic N) is 3. The van der Waals surface area contributed by atoms with Crippen LogP contribution in [0.15, 0.2) is 48.8 Å². The normalized spacial score (nSPS) is 14.5. The average Bonchev–Trinajstić information content (AvgIpc) is 3.26. The predicted molar refractivity (Wildman–Crippen MR) is 123 cm³/mol. The number of imidazole rings is 1. The molecule has 1 saturated heterocycles. The lowest BCUT2D eigenvalue weighted by molar-refractivity contribution is -0.126. The highest BCUT2D eigenvalue weighted by Gasteiger charge is 2.27. The fourth-order valence-corrected chi connectivity index (χ4v) is 4.04. The molecule has 1 fully saturated rings. The molecule has 0 aliphatic carbocycles. The molecule has 4 rings (SSSR count). The number of carbonyl (C=O) groups is 2. The quantitative estimate of drug-likeness (QED) is 0.617. The van der Waals surface area contributed by atoms with Crippen molar-refractivity contribution in [2.45, 2.75) is 39.7 Å². The van der Waals surface area contributed by atoms with Gasteiger partial charge in [-0.15, -0.1) is 0 Å². The summed E-state index contributed by atoms with van der Waals surface area (Å²) < 4.78 is 7.86. The van der Waals surface area contributed by atoms with E-state index in [1.165, 1.54) is 0 Å². The van der Waals surface area contributed by atoms with Crippen molar-refractivity contribution in [1.29, 1.82) is 0 Å². The lowest BCUT2D eigenvalue weighted by Gasteiger charge is -2.31. The van der Waals surface area contributed by atoms with Crippen LogP contribution in [-0.4, -0.2) is 45.7 Å². The maximum atomic E-state index is 12.8. The molecule has 168 valence electrons. The van der Waals surface area contributed by atoms with Gasteiger partial charge in [-0.05, 0) is 62.1 Å². The maximum absolute atomic E-state index is 12.8. The van der Waals surface area contributed by atoms with Crippen LogP contribution < -0.4 is 10.1 Å². The molecule has 0 bridgehead atoms. The first-order chi connectivity index (χ1) is 15.5. The molecule has 0 saturated carbocycles. The molecule has 0 radical (unpaired) electrons. The van der Waals surface area contributed by atoms with Crippen molar-refractivity contribution < 1.29 is 14.3 Å². The number of aromatic nitrogens is 2. The Kier molecular flexibility index (Phi) is 6.73. The number of likely N-dealkylation sites (tertiary alicyclic amines) is 1. The van der Waals surface area contributed by atoms with Gasteiger partial charge in [-0.3, -0.25) is 9.59 Å². The van der Waals surface area contributed by atoms with Crippen LogP contribution in [0.2, 0.25) is 0 Å². The number of benzene rings is 1. The van der Waals surface area contributed by atoms with Gasteiger partial charge >= 0.3 is 0 Å². The Labute approximate surface area is 188 Å². The zero-order valence-electron chi connectivity index (χ0n) is 18.7. The number of amides is 2. The van der Waals surface area contributed by atoms with Gasteiger partial charge in [0.05, 0.1) is 5.69 Å². The van der Waals surface area contributed by atoms with Crippen molar-refractivity contribution in [2.75, 3.05) is 19.6 Å². The molecule has 1 aliphatic rings. The summed E-state index contributed by atoms with van der Waals surface area (Å²) >= 11 is 0. The molecule has 0 atom stereocenters. The van der Waals surface area contributed by atoms with E-state index in [1.807, 2.05) is 59.8 Å². The molecule has 2 amide bonds. The molecule has 3 heterocycles. The van der Waals surface area contributed by atoms with Crippen molar-refractivity contribution in [3.8, 4) is 5.75 Å². The Bertz CT molecular complexity index is 1080. The minimum atomic E-state index is -0.000192. The van der Waals surface area contributed by atoms with E-state index in [2.05, 4.69) is 10.3 Å². The zero-order chi connectivity index (χ0) is 22.5. The molecule has 32 heavy (non-hydrogen) atoms. The molecule has 1 N–H and O–H groups in total. The average molecular weight is 435 g/mol. The van der Waals surface area contributed by atoms with Crippen molar-refractivity contribution in [1.82, 2.24) is 19.6 Å². The molecule has 7 nitrogen and oxygen atoms in total. The molecule has 1 aromatic carbocycles. The number of ether oxygens (including phenoxy) is 1.